The minimum Gasteiger partial charge on any atom is -0.726 e. The molecule has 168 valence electrons. The fourth-order valence-corrected chi connectivity index (χ4v) is 2.79. The van der Waals surface area contributed by atoms with Gasteiger partial charge in [0.15, 0.2) is 12.2 Å². The van der Waals surface area contributed by atoms with Crippen molar-refractivity contribution >= 4 is 38.0 Å². The van der Waals surface area contributed by atoms with Gasteiger partial charge in [-0.25, -0.2) is 21.8 Å². The molecule has 2 aromatic heterocycles. The van der Waals surface area contributed by atoms with Crippen LogP contribution in [0.5, 0.6) is 0 Å². The fraction of sp³-hybridized carbons (Fsp3) is 0.417. The molecule has 0 radical (unpaired) electrons. The van der Waals surface area contributed by atoms with E-state index in [-0.39, 0.29) is 12.1 Å². The minimum absolute atomic E-state index is 0. The first-order chi connectivity index (χ1) is 12.6. The number of nitrogens with zero attached hydrogens (tertiary/aromatic N) is 2. The van der Waals surface area contributed by atoms with Crippen LogP contribution >= 0.6 is 11.3 Å². The number of nitrogens with two attached hydrogens (primary N) is 1. The maximum atomic E-state index is 8.98. The smallest absolute Gasteiger partial charge is 0.295 e. The SMILES string of the molecule is Cc1nc(N)c(C[n+]2csc(CCO)c2C)c[nH+]1.O.O=S(=O)([O-])O.O=S(=O)([O-])O. The zero-order valence-electron chi connectivity index (χ0n) is 15.3. The van der Waals surface area contributed by atoms with Crippen molar-refractivity contribution in [2.45, 2.75) is 26.8 Å². The van der Waals surface area contributed by atoms with Crippen molar-refractivity contribution < 1.29 is 55.2 Å². The molecule has 0 atom stereocenters. The van der Waals surface area contributed by atoms with Crippen LogP contribution in [-0.4, -0.2) is 57.2 Å². The van der Waals surface area contributed by atoms with Gasteiger partial charge < -0.3 is 25.4 Å². The largest absolute Gasteiger partial charge is 0.726 e. The molecule has 0 unspecified atom stereocenters. The molecule has 29 heavy (non-hydrogen) atoms. The van der Waals surface area contributed by atoms with Crippen LogP contribution in [0.1, 0.15) is 22.0 Å². The van der Waals surface area contributed by atoms with Gasteiger partial charge in [0, 0.05) is 26.9 Å². The summed E-state index contributed by atoms with van der Waals surface area (Å²) < 4.78 is 67.8. The van der Waals surface area contributed by atoms with E-state index in [1.54, 1.807) is 11.3 Å². The number of anilines is 1. The van der Waals surface area contributed by atoms with E-state index < -0.39 is 20.8 Å². The van der Waals surface area contributed by atoms with Gasteiger partial charge >= 0.3 is 0 Å². The standard InChI is InChI=1S/C12H17N4OS.2H2O4S.H2O/c1-8-11(3-4-17)18-7-16(8)6-10-5-14-9(2)15-12(10)13;2*1-5(2,3)4;/h5,7,17H,3-4,6H2,1-2H3,(H2,13,14,15);2*(H2,1,2,3,4);1H2/q+1;;;/p-1. The quantitative estimate of drug-likeness (QED) is 0.198. The van der Waals surface area contributed by atoms with E-state index in [0.717, 1.165) is 11.4 Å². The zero-order chi connectivity index (χ0) is 22.1. The van der Waals surface area contributed by atoms with E-state index in [9.17, 15) is 0 Å². The highest BCUT2D eigenvalue weighted by Gasteiger charge is 2.19. The number of aryl methyl sites for hydroxylation is 1. The molecule has 2 heterocycles. The van der Waals surface area contributed by atoms with Crippen LogP contribution in [0.15, 0.2) is 11.7 Å². The Labute approximate surface area is 171 Å². The third kappa shape index (κ3) is 15.7. The number of hydrogen-bond acceptors (Lipinski definition) is 10. The summed E-state index contributed by atoms with van der Waals surface area (Å²) in [6.45, 7) is 4.82. The van der Waals surface area contributed by atoms with Crippen LogP contribution in [0.4, 0.5) is 5.82 Å². The molecule has 0 amide bonds. The lowest BCUT2D eigenvalue weighted by molar-refractivity contribution is -0.690. The molecule has 0 aromatic carbocycles. The molecule has 2 rings (SSSR count). The molecule has 0 fully saturated rings. The van der Waals surface area contributed by atoms with E-state index >= 15 is 0 Å². The maximum Gasteiger partial charge on any atom is 0.295 e. The van der Waals surface area contributed by atoms with Gasteiger partial charge in [0.1, 0.15) is 11.8 Å². The summed E-state index contributed by atoms with van der Waals surface area (Å²) in [4.78, 5) is 8.49. The van der Waals surface area contributed by atoms with Gasteiger partial charge in [0.25, 0.3) is 11.6 Å². The lowest BCUT2D eigenvalue weighted by Crippen LogP contribution is -2.36. The summed E-state index contributed by atoms with van der Waals surface area (Å²) in [6, 6.07) is 0. The molecule has 0 saturated carbocycles. The van der Waals surface area contributed by atoms with Crippen LogP contribution in [0, 0.1) is 13.8 Å². The van der Waals surface area contributed by atoms with E-state index in [1.807, 2.05) is 13.1 Å². The van der Waals surface area contributed by atoms with Gasteiger partial charge in [-0.1, -0.05) is 11.3 Å². The second kappa shape index (κ2) is 12.7. The second-order valence-electron chi connectivity index (χ2n) is 5.09. The first-order valence-electron chi connectivity index (χ1n) is 7.19. The Hall–Kier alpha value is -1.83. The van der Waals surface area contributed by atoms with Crippen molar-refractivity contribution in [1.29, 1.82) is 0 Å². The summed E-state index contributed by atoms with van der Waals surface area (Å²) in [5.74, 6) is 1.37. The van der Waals surface area contributed by atoms with Gasteiger partial charge in [-0.05, 0) is 4.98 Å². The first kappa shape index (κ1) is 29.4. The number of aliphatic hydroxyl groups excluding tert-OH is 1. The lowest BCUT2D eigenvalue weighted by Gasteiger charge is -1.97. The van der Waals surface area contributed by atoms with Gasteiger partial charge in [-0.2, -0.15) is 4.57 Å². The number of rotatable bonds is 4. The molecule has 0 bridgehead atoms. The number of nitrogen functional groups attached to an aromatic ring is 1. The summed E-state index contributed by atoms with van der Waals surface area (Å²) in [7, 11) is -9.83. The molecule has 8 N–H and O–H groups in total. The molecule has 2 aromatic rings. The van der Waals surface area contributed by atoms with Crippen LogP contribution in [0.25, 0.3) is 0 Å². The van der Waals surface area contributed by atoms with E-state index in [1.165, 1.54) is 10.6 Å². The molecular formula is C12H22N4O10S3. The third-order valence-electron chi connectivity index (χ3n) is 2.91. The van der Waals surface area contributed by atoms with Crippen molar-refractivity contribution in [2.75, 3.05) is 12.3 Å². The van der Waals surface area contributed by atoms with Crippen molar-refractivity contribution in [1.82, 2.24) is 4.98 Å². The molecule has 0 aliphatic carbocycles. The number of aliphatic hydroxyl groups is 1. The summed E-state index contributed by atoms with van der Waals surface area (Å²) >= 11 is 1.66. The van der Waals surface area contributed by atoms with Crippen molar-refractivity contribution in [3.8, 4) is 0 Å². The topological polar surface area (TPSA) is 264 Å². The van der Waals surface area contributed by atoms with Crippen molar-refractivity contribution in [3.05, 3.63) is 33.7 Å². The van der Waals surface area contributed by atoms with E-state index in [2.05, 4.69) is 27.0 Å². The van der Waals surface area contributed by atoms with Crippen molar-refractivity contribution in [2.24, 2.45) is 0 Å². The van der Waals surface area contributed by atoms with Crippen LogP contribution in [0.3, 0.4) is 0 Å². The minimum atomic E-state index is -4.92. The number of nitrogens with one attached hydrogen (secondary N) is 1. The molecule has 0 aliphatic heterocycles. The Morgan fingerprint density at radius 2 is 1.69 bits per heavy atom. The highest BCUT2D eigenvalue weighted by atomic mass is 32.3. The average molecular weight is 479 g/mol. The summed E-state index contributed by atoms with van der Waals surface area (Å²) in [5.41, 5.74) is 10.1. The average Bonchev–Trinajstić information content (AvgIpc) is 2.80. The van der Waals surface area contributed by atoms with E-state index in [0.29, 0.717) is 18.8 Å². The highest BCUT2D eigenvalue weighted by Crippen LogP contribution is 2.13. The molecule has 0 spiro atoms. The lowest BCUT2D eigenvalue weighted by atomic mass is 10.2. The number of hydrogen-bond donors (Lipinski definition) is 4. The molecule has 0 saturated heterocycles. The Balaban J connectivity index is 0. The van der Waals surface area contributed by atoms with E-state index in [4.69, 9.17) is 45.9 Å². The van der Waals surface area contributed by atoms with Gasteiger partial charge in [0.05, 0.1) is 4.88 Å². The number of aromatic nitrogens is 3. The molecular weight excluding hydrogens is 456 g/mol. The highest BCUT2D eigenvalue weighted by molar-refractivity contribution is 7.80. The third-order valence-corrected chi connectivity index (χ3v) is 4.05. The Bertz CT molecular complexity index is 930. The number of aromatic amines is 1. The maximum absolute atomic E-state index is 8.98. The second-order valence-corrected chi connectivity index (χ2v) is 7.74. The Morgan fingerprint density at radius 3 is 2.10 bits per heavy atom. The molecule has 17 heteroatoms. The summed E-state index contributed by atoms with van der Waals surface area (Å²) in [6.07, 6.45) is 2.60. The molecule has 0 aliphatic rings. The first-order valence-corrected chi connectivity index (χ1v) is 10.8. The van der Waals surface area contributed by atoms with Crippen molar-refractivity contribution in [3.63, 3.8) is 0 Å². The van der Waals surface area contributed by atoms with Gasteiger partial charge in [-0.15, -0.1) is 0 Å². The Kier molecular flexibility index (Phi) is 12.8. The predicted octanol–water partition coefficient (Wildman–Crippen LogP) is -2.79. The summed E-state index contributed by atoms with van der Waals surface area (Å²) in [5, 5.41) is 8.98. The zero-order valence-corrected chi connectivity index (χ0v) is 17.7. The number of H-pyrrole nitrogens is 1. The molecule has 14 nitrogen and oxygen atoms in total. The van der Waals surface area contributed by atoms with Crippen LogP contribution < -0.4 is 15.3 Å². The monoisotopic (exact) mass is 478 g/mol. The predicted molar refractivity (Wildman–Crippen MR) is 97.4 cm³/mol. The fourth-order valence-electron chi connectivity index (χ4n) is 1.81. The van der Waals surface area contributed by atoms with Gasteiger partial charge in [-0.3, -0.25) is 9.11 Å². The normalized spacial score (nSPS) is 10.7. The van der Waals surface area contributed by atoms with Crippen LogP contribution in [0.2, 0.25) is 0 Å². The van der Waals surface area contributed by atoms with Crippen LogP contribution in [-0.2, 0) is 33.8 Å². The number of thiazole rings is 1. The van der Waals surface area contributed by atoms with Gasteiger partial charge in [0.2, 0.25) is 26.3 Å². The Morgan fingerprint density at radius 1 is 1.21 bits per heavy atom.